The minimum atomic E-state index is 1.27. The normalized spacial score (nSPS) is 11.8. The summed E-state index contributed by atoms with van der Waals surface area (Å²) in [5.74, 6) is 0. The maximum atomic E-state index is 2.40. The minimum Gasteiger partial charge on any atom is -0.0616 e. The summed E-state index contributed by atoms with van der Waals surface area (Å²) < 4.78 is 0. The molecule has 0 spiro atoms. The highest BCUT2D eigenvalue weighted by Gasteiger charge is 2.13. The first-order valence-electron chi connectivity index (χ1n) is 11.1. The molecule has 0 bridgehead atoms. The van der Waals surface area contributed by atoms with Gasteiger partial charge in [0.25, 0.3) is 0 Å². The molecule has 0 fully saturated rings. The minimum absolute atomic E-state index is 1.27. The maximum absolute atomic E-state index is 2.40. The van der Waals surface area contributed by atoms with E-state index >= 15 is 0 Å². The summed E-state index contributed by atoms with van der Waals surface area (Å²) in [5.41, 5.74) is 2.59. The van der Waals surface area contributed by atoms with Crippen molar-refractivity contribution >= 4 is 53.9 Å². The monoisotopic (exact) mass is 404 g/mol. The molecule has 0 amide bonds. The Morgan fingerprint density at radius 2 is 0.688 bits per heavy atom. The summed E-state index contributed by atoms with van der Waals surface area (Å²) in [4.78, 5) is 0. The van der Waals surface area contributed by atoms with Crippen molar-refractivity contribution in [1.29, 1.82) is 0 Å². The van der Waals surface area contributed by atoms with Crippen molar-refractivity contribution in [3.63, 3.8) is 0 Å². The Labute approximate surface area is 186 Å². The zero-order valence-electron chi connectivity index (χ0n) is 17.5. The molecule has 0 atom stereocenters. The van der Waals surface area contributed by atoms with Gasteiger partial charge in [0.05, 0.1) is 0 Å². The topological polar surface area (TPSA) is 0 Å². The van der Waals surface area contributed by atoms with Crippen LogP contribution in [0.2, 0.25) is 0 Å². The lowest BCUT2D eigenvalue weighted by atomic mass is 9.88. The Kier molecular flexibility index (Phi) is 3.65. The molecule has 0 saturated heterocycles. The van der Waals surface area contributed by atoms with Gasteiger partial charge in [-0.2, -0.15) is 0 Å². The van der Waals surface area contributed by atoms with Crippen LogP contribution >= 0.6 is 0 Å². The molecular weight excluding hydrogens is 384 g/mol. The van der Waals surface area contributed by atoms with Crippen LogP contribution in [0.4, 0.5) is 0 Å². The fraction of sp³-hybridized carbons (Fsp3) is 0. The number of hydrogen-bond donors (Lipinski definition) is 0. The number of hydrogen-bond acceptors (Lipinski definition) is 0. The summed E-state index contributed by atoms with van der Waals surface area (Å²) in [5, 5.41) is 13.1. The maximum Gasteiger partial charge on any atom is -0.00266 e. The second kappa shape index (κ2) is 6.67. The van der Waals surface area contributed by atoms with Crippen LogP contribution in [0.1, 0.15) is 0 Å². The molecule has 7 rings (SSSR count). The summed E-state index contributed by atoms with van der Waals surface area (Å²) in [6.45, 7) is 0. The quantitative estimate of drug-likeness (QED) is 0.189. The molecule has 0 aliphatic rings. The molecule has 32 heavy (non-hydrogen) atoms. The van der Waals surface area contributed by atoms with E-state index in [9.17, 15) is 0 Å². The molecule has 7 aromatic rings. The van der Waals surface area contributed by atoms with E-state index in [1.165, 1.54) is 65.0 Å². The van der Waals surface area contributed by atoms with Gasteiger partial charge in [0.15, 0.2) is 0 Å². The van der Waals surface area contributed by atoms with Crippen molar-refractivity contribution < 1.29 is 0 Å². The summed E-state index contributed by atoms with van der Waals surface area (Å²) >= 11 is 0. The zero-order chi connectivity index (χ0) is 21.1. The third kappa shape index (κ3) is 2.44. The highest BCUT2D eigenvalue weighted by molar-refractivity contribution is 6.26. The zero-order valence-corrected chi connectivity index (χ0v) is 17.5. The largest absolute Gasteiger partial charge is 0.0616 e. The molecule has 0 unspecified atom stereocenters. The second-order valence-corrected chi connectivity index (χ2v) is 8.55. The van der Waals surface area contributed by atoms with Crippen molar-refractivity contribution in [2.45, 2.75) is 0 Å². The van der Waals surface area contributed by atoms with Crippen LogP contribution in [-0.2, 0) is 0 Å². The van der Waals surface area contributed by atoms with Crippen molar-refractivity contribution in [3.05, 3.63) is 121 Å². The third-order valence-corrected chi connectivity index (χ3v) is 6.80. The predicted octanol–water partition coefficient (Wildman–Crippen LogP) is 9.12. The highest BCUT2D eigenvalue weighted by atomic mass is 14.2. The molecule has 0 aliphatic heterocycles. The average Bonchev–Trinajstić information content (AvgIpc) is 2.87. The van der Waals surface area contributed by atoms with Crippen LogP contribution in [0.5, 0.6) is 0 Å². The Balaban J connectivity index is 1.67. The van der Waals surface area contributed by atoms with E-state index in [0.29, 0.717) is 0 Å². The molecule has 7 aromatic carbocycles. The molecule has 0 radical (unpaired) electrons. The summed E-state index contributed by atoms with van der Waals surface area (Å²) in [6, 6.07) is 44.4. The van der Waals surface area contributed by atoms with Gasteiger partial charge >= 0.3 is 0 Å². The lowest BCUT2D eigenvalue weighted by Crippen LogP contribution is -1.88. The van der Waals surface area contributed by atoms with Gasteiger partial charge in [0.1, 0.15) is 0 Å². The molecule has 0 heterocycles. The fourth-order valence-electron chi connectivity index (χ4n) is 5.39. The molecule has 0 heteroatoms. The van der Waals surface area contributed by atoms with E-state index in [0.717, 1.165) is 0 Å². The SMILES string of the molecule is c1ccc2c(-c3ccc4c5ccccc5c5ccccc5c4c3)c3ccccc3cc2c1. The Morgan fingerprint density at radius 1 is 0.281 bits per heavy atom. The first-order chi connectivity index (χ1) is 15.9. The molecule has 0 saturated carbocycles. The van der Waals surface area contributed by atoms with Crippen molar-refractivity contribution in [2.75, 3.05) is 0 Å². The molecule has 0 aromatic heterocycles. The van der Waals surface area contributed by atoms with Crippen LogP contribution in [0.3, 0.4) is 0 Å². The molecule has 148 valence electrons. The molecule has 0 N–H and O–H groups in total. The molecule has 0 aliphatic carbocycles. The first kappa shape index (κ1) is 17.5. The van der Waals surface area contributed by atoms with Gasteiger partial charge in [-0.3, -0.25) is 0 Å². The first-order valence-corrected chi connectivity index (χ1v) is 11.1. The van der Waals surface area contributed by atoms with Crippen LogP contribution in [-0.4, -0.2) is 0 Å². The van der Waals surface area contributed by atoms with Gasteiger partial charge in [-0.05, 0) is 77.1 Å². The highest BCUT2D eigenvalue weighted by Crippen LogP contribution is 2.40. The van der Waals surface area contributed by atoms with Gasteiger partial charge in [-0.25, -0.2) is 0 Å². The van der Waals surface area contributed by atoms with Crippen molar-refractivity contribution in [1.82, 2.24) is 0 Å². The Bertz CT molecular complexity index is 1730. The van der Waals surface area contributed by atoms with Crippen LogP contribution in [0.25, 0.3) is 65.0 Å². The van der Waals surface area contributed by atoms with Crippen LogP contribution in [0, 0.1) is 0 Å². The van der Waals surface area contributed by atoms with E-state index in [-0.39, 0.29) is 0 Å². The summed E-state index contributed by atoms with van der Waals surface area (Å²) in [7, 11) is 0. The lowest BCUT2D eigenvalue weighted by Gasteiger charge is -2.15. The average molecular weight is 405 g/mol. The van der Waals surface area contributed by atoms with Crippen LogP contribution in [0.15, 0.2) is 121 Å². The number of fused-ring (bicyclic) bond motifs is 8. The molecule has 0 nitrogen and oxygen atoms in total. The number of benzene rings is 7. The molecular formula is C32H20. The van der Waals surface area contributed by atoms with Gasteiger partial charge in [0, 0.05) is 0 Å². The van der Waals surface area contributed by atoms with Gasteiger partial charge < -0.3 is 0 Å². The fourth-order valence-corrected chi connectivity index (χ4v) is 5.39. The Morgan fingerprint density at radius 3 is 1.22 bits per heavy atom. The Hall–Kier alpha value is -4.16. The van der Waals surface area contributed by atoms with Gasteiger partial charge in [-0.1, -0.05) is 109 Å². The second-order valence-electron chi connectivity index (χ2n) is 8.55. The summed E-state index contributed by atoms with van der Waals surface area (Å²) in [6.07, 6.45) is 0. The van der Waals surface area contributed by atoms with Gasteiger partial charge in [0.2, 0.25) is 0 Å². The number of rotatable bonds is 1. The smallest absolute Gasteiger partial charge is 0.00266 e. The lowest BCUT2D eigenvalue weighted by molar-refractivity contribution is 1.71. The third-order valence-electron chi connectivity index (χ3n) is 6.80. The van der Waals surface area contributed by atoms with E-state index in [1.54, 1.807) is 0 Å². The van der Waals surface area contributed by atoms with E-state index < -0.39 is 0 Å². The van der Waals surface area contributed by atoms with E-state index in [2.05, 4.69) is 121 Å². The van der Waals surface area contributed by atoms with Crippen molar-refractivity contribution in [3.8, 4) is 11.1 Å². The van der Waals surface area contributed by atoms with Gasteiger partial charge in [-0.15, -0.1) is 0 Å². The predicted molar refractivity (Wildman–Crippen MR) is 139 cm³/mol. The van der Waals surface area contributed by atoms with E-state index in [1.807, 2.05) is 0 Å². The van der Waals surface area contributed by atoms with Crippen LogP contribution < -0.4 is 0 Å². The standard InChI is InChI=1S/C32H20/c1-3-11-24-21(9-1)19-22-10-2-4-12-25(22)32(24)23-17-18-30-28-15-6-5-13-26(28)27-14-7-8-16-29(27)31(30)20-23/h1-20H. The van der Waals surface area contributed by atoms with Crippen molar-refractivity contribution in [2.24, 2.45) is 0 Å². The van der Waals surface area contributed by atoms with E-state index in [4.69, 9.17) is 0 Å².